The molecule has 1 aromatic carbocycles. The molecule has 0 saturated carbocycles. The predicted molar refractivity (Wildman–Crippen MR) is 71.9 cm³/mol. The summed E-state index contributed by atoms with van der Waals surface area (Å²) in [7, 11) is 0. The molecule has 0 bridgehead atoms. The van der Waals surface area contributed by atoms with E-state index < -0.39 is 0 Å². The lowest BCUT2D eigenvalue weighted by atomic mass is 10.2. The molecule has 2 rings (SSSR count). The third-order valence-corrected chi connectivity index (χ3v) is 3.48. The van der Waals surface area contributed by atoms with Gasteiger partial charge >= 0.3 is 0 Å². The van der Waals surface area contributed by atoms with Gasteiger partial charge in [0.2, 0.25) is 0 Å². The zero-order valence-electron chi connectivity index (χ0n) is 8.77. The Labute approximate surface area is 104 Å². The van der Waals surface area contributed by atoms with E-state index in [0.717, 1.165) is 23.6 Å². The Morgan fingerprint density at radius 1 is 1.19 bits per heavy atom. The van der Waals surface area contributed by atoms with Crippen LogP contribution in [0.2, 0.25) is 5.02 Å². The minimum Gasteiger partial charge on any atom is -0.292 e. The van der Waals surface area contributed by atoms with Gasteiger partial charge < -0.3 is 0 Å². The smallest absolute Gasteiger partial charge is 0.0493 e. The Bertz CT molecular complexity index is 463. The summed E-state index contributed by atoms with van der Waals surface area (Å²) in [5, 5.41) is 2.84. The molecule has 16 heavy (non-hydrogen) atoms. The number of aliphatic imine (C=N–C) groups is 1. The summed E-state index contributed by atoms with van der Waals surface area (Å²) >= 11 is 7.79. The van der Waals surface area contributed by atoms with E-state index in [1.165, 1.54) is 4.88 Å². The van der Waals surface area contributed by atoms with Gasteiger partial charge in [-0.3, -0.25) is 4.99 Å². The Morgan fingerprint density at radius 3 is 2.81 bits per heavy atom. The van der Waals surface area contributed by atoms with E-state index >= 15 is 0 Å². The molecule has 0 atom stereocenters. The summed E-state index contributed by atoms with van der Waals surface area (Å²) in [6.07, 6.45) is 2.84. The third-order valence-electron chi connectivity index (χ3n) is 2.20. The minimum atomic E-state index is 0.752. The monoisotopic (exact) mass is 249 g/mol. The number of hydrogen-bond donors (Lipinski definition) is 0. The molecule has 1 nitrogen and oxygen atoms in total. The van der Waals surface area contributed by atoms with Crippen molar-refractivity contribution < 1.29 is 0 Å². The standard InChI is InChI=1S/C13H12ClNS/c14-13-6-2-1-4-11(13)10-15-8-7-12-5-3-9-16-12/h1-6,9-10H,7-8H2. The van der Waals surface area contributed by atoms with E-state index in [9.17, 15) is 0 Å². The van der Waals surface area contributed by atoms with Crippen LogP contribution in [0.4, 0.5) is 0 Å². The summed E-state index contributed by atoms with van der Waals surface area (Å²) in [6, 6.07) is 11.9. The van der Waals surface area contributed by atoms with E-state index in [0.29, 0.717) is 0 Å². The van der Waals surface area contributed by atoms with Crippen molar-refractivity contribution >= 4 is 29.2 Å². The van der Waals surface area contributed by atoms with Gasteiger partial charge in [-0.25, -0.2) is 0 Å². The molecule has 0 aliphatic carbocycles. The number of thiophene rings is 1. The van der Waals surface area contributed by atoms with E-state index in [1.54, 1.807) is 11.3 Å². The van der Waals surface area contributed by atoms with Crippen LogP contribution in [-0.4, -0.2) is 12.8 Å². The topological polar surface area (TPSA) is 12.4 Å². The quantitative estimate of drug-likeness (QED) is 0.725. The molecule has 0 fully saturated rings. The average Bonchev–Trinajstić information content (AvgIpc) is 2.79. The van der Waals surface area contributed by atoms with Crippen molar-refractivity contribution in [3.8, 4) is 0 Å². The van der Waals surface area contributed by atoms with Crippen molar-refractivity contribution in [3.05, 3.63) is 57.2 Å². The van der Waals surface area contributed by atoms with E-state index in [1.807, 2.05) is 30.5 Å². The molecule has 82 valence electrons. The minimum absolute atomic E-state index is 0.752. The van der Waals surface area contributed by atoms with Crippen LogP contribution >= 0.6 is 22.9 Å². The number of nitrogens with zero attached hydrogens (tertiary/aromatic N) is 1. The van der Waals surface area contributed by atoms with Crippen LogP contribution in [0.5, 0.6) is 0 Å². The van der Waals surface area contributed by atoms with Crippen LogP contribution in [0.25, 0.3) is 0 Å². The lowest BCUT2D eigenvalue weighted by Crippen LogP contribution is -1.88. The fraction of sp³-hybridized carbons (Fsp3) is 0.154. The highest BCUT2D eigenvalue weighted by Gasteiger charge is 1.94. The first-order valence-corrected chi connectivity index (χ1v) is 6.39. The van der Waals surface area contributed by atoms with E-state index in [2.05, 4.69) is 22.5 Å². The number of hydrogen-bond acceptors (Lipinski definition) is 2. The van der Waals surface area contributed by atoms with Crippen LogP contribution in [0.1, 0.15) is 10.4 Å². The van der Waals surface area contributed by atoms with Crippen molar-refractivity contribution in [2.24, 2.45) is 4.99 Å². The summed E-state index contributed by atoms with van der Waals surface area (Å²) in [4.78, 5) is 5.75. The predicted octanol–water partition coefficient (Wildman–Crippen LogP) is 4.06. The fourth-order valence-electron chi connectivity index (χ4n) is 1.37. The lowest BCUT2D eigenvalue weighted by Gasteiger charge is -1.96. The first-order valence-electron chi connectivity index (χ1n) is 5.13. The number of benzene rings is 1. The van der Waals surface area contributed by atoms with E-state index in [-0.39, 0.29) is 0 Å². The highest BCUT2D eigenvalue weighted by Crippen LogP contribution is 2.12. The molecule has 3 heteroatoms. The summed E-state index contributed by atoms with van der Waals surface area (Å²) in [6.45, 7) is 0.811. The molecule has 1 heterocycles. The SMILES string of the molecule is Clc1ccccc1C=NCCc1cccs1. The normalized spacial score (nSPS) is 11.1. The summed E-state index contributed by atoms with van der Waals surface area (Å²) < 4.78 is 0. The largest absolute Gasteiger partial charge is 0.292 e. The Balaban J connectivity index is 1.88. The molecular formula is C13H12ClNS. The Hall–Kier alpha value is -1.12. The molecule has 0 saturated heterocycles. The van der Waals surface area contributed by atoms with E-state index in [4.69, 9.17) is 11.6 Å². The molecule has 0 amide bonds. The van der Waals surface area contributed by atoms with Crippen LogP contribution in [0.15, 0.2) is 46.8 Å². The molecule has 1 aromatic heterocycles. The van der Waals surface area contributed by atoms with Gasteiger partial charge in [0.15, 0.2) is 0 Å². The second-order valence-electron chi connectivity index (χ2n) is 3.39. The molecule has 2 aromatic rings. The maximum absolute atomic E-state index is 6.01. The molecule has 0 N–H and O–H groups in total. The van der Waals surface area contributed by atoms with Gasteiger partial charge in [0, 0.05) is 34.6 Å². The highest BCUT2D eigenvalue weighted by molar-refractivity contribution is 7.09. The third kappa shape index (κ3) is 3.19. The van der Waals surface area contributed by atoms with Gasteiger partial charge in [0.25, 0.3) is 0 Å². The molecular weight excluding hydrogens is 238 g/mol. The maximum Gasteiger partial charge on any atom is 0.0493 e. The number of halogens is 1. The lowest BCUT2D eigenvalue weighted by molar-refractivity contribution is 0.993. The maximum atomic E-state index is 6.01. The molecule has 0 spiro atoms. The average molecular weight is 250 g/mol. The molecule has 0 unspecified atom stereocenters. The summed E-state index contributed by atoms with van der Waals surface area (Å²) in [5.41, 5.74) is 0.982. The van der Waals surface area contributed by atoms with Crippen LogP contribution in [0.3, 0.4) is 0 Å². The van der Waals surface area contributed by atoms with Gasteiger partial charge in [-0.1, -0.05) is 35.9 Å². The second kappa shape index (κ2) is 5.83. The second-order valence-corrected chi connectivity index (χ2v) is 4.83. The van der Waals surface area contributed by atoms with Gasteiger partial charge in [0.1, 0.15) is 0 Å². The zero-order chi connectivity index (χ0) is 11.2. The first kappa shape index (κ1) is 11.4. The van der Waals surface area contributed by atoms with Crippen LogP contribution in [0, 0.1) is 0 Å². The molecule has 0 aliphatic rings. The fourth-order valence-corrected chi connectivity index (χ4v) is 2.25. The van der Waals surface area contributed by atoms with Crippen molar-refractivity contribution in [2.75, 3.05) is 6.54 Å². The molecule has 0 radical (unpaired) electrons. The van der Waals surface area contributed by atoms with Crippen molar-refractivity contribution in [3.63, 3.8) is 0 Å². The van der Waals surface area contributed by atoms with Crippen molar-refractivity contribution in [1.29, 1.82) is 0 Å². The zero-order valence-corrected chi connectivity index (χ0v) is 10.3. The van der Waals surface area contributed by atoms with Crippen molar-refractivity contribution in [2.45, 2.75) is 6.42 Å². The van der Waals surface area contributed by atoms with Gasteiger partial charge in [-0.15, -0.1) is 11.3 Å². The molecule has 0 aliphatic heterocycles. The summed E-state index contributed by atoms with van der Waals surface area (Å²) in [5.74, 6) is 0. The van der Waals surface area contributed by atoms with Gasteiger partial charge in [-0.05, 0) is 17.5 Å². The Morgan fingerprint density at radius 2 is 2.06 bits per heavy atom. The first-order chi connectivity index (χ1) is 7.86. The number of rotatable bonds is 4. The van der Waals surface area contributed by atoms with Crippen molar-refractivity contribution in [1.82, 2.24) is 0 Å². The Kier molecular flexibility index (Phi) is 4.14. The van der Waals surface area contributed by atoms with Gasteiger partial charge in [0.05, 0.1) is 0 Å². The van der Waals surface area contributed by atoms with Gasteiger partial charge in [-0.2, -0.15) is 0 Å². The highest BCUT2D eigenvalue weighted by atomic mass is 35.5. The van der Waals surface area contributed by atoms with Crippen LogP contribution < -0.4 is 0 Å². The van der Waals surface area contributed by atoms with Crippen LogP contribution in [-0.2, 0) is 6.42 Å².